The first kappa shape index (κ1) is 14.2. The molecule has 0 radical (unpaired) electrons. The number of nitrogens with zero attached hydrogens (tertiary/aromatic N) is 2. The molecule has 2 aromatic rings. The highest BCUT2D eigenvalue weighted by Gasteiger charge is 2.17. The number of rotatable bonds is 6. The predicted octanol–water partition coefficient (Wildman–Crippen LogP) is 0.679. The first-order valence-electron chi connectivity index (χ1n) is 5.71. The van der Waals surface area contributed by atoms with Gasteiger partial charge in [0.25, 0.3) is 0 Å². The van der Waals surface area contributed by atoms with Gasteiger partial charge in [0.15, 0.2) is 0 Å². The molecule has 6 nitrogen and oxygen atoms in total. The summed E-state index contributed by atoms with van der Waals surface area (Å²) in [6, 6.07) is 1.68. The quantitative estimate of drug-likeness (QED) is 0.822. The van der Waals surface area contributed by atoms with Crippen molar-refractivity contribution in [1.82, 2.24) is 19.6 Å². The van der Waals surface area contributed by atoms with Crippen LogP contribution in [0, 0.1) is 0 Å². The summed E-state index contributed by atoms with van der Waals surface area (Å²) in [5, 5.41) is 4.83. The molecule has 2 N–H and O–H groups in total. The Balaban J connectivity index is 2.07. The monoisotopic (exact) mass is 300 g/mol. The lowest BCUT2D eigenvalue weighted by Crippen LogP contribution is -2.24. The molecule has 2 heterocycles. The van der Waals surface area contributed by atoms with Crippen LogP contribution in [-0.2, 0) is 30.2 Å². The van der Waals surface area contributed by atoms with Crippen molar-refractivity contribution >= 4 is 21.4 Å². The van der Waals surface area contributed by atoms with Crippen molar-refractivity contribution in [2.24, 2.45) is 7.05 Å². The first-order chi connectivity index (χ1) is 9.03. The number of nitrogens with one attached hydrogen (secondary N) is 2. The third kappa shape index (κ3) is 3.41. The SMILES string of the molecule is CNCc1csc(S(=O)(=O)NCc2nccn2C)c1. The molecule has 0 amide bonds. The molecule has 0 atom stereocenters. The van der Waals surface area contributed by atoms with Crippen LogP contribution in [0.2, 0.25) is 0 Å². The van der Waals surface area contributed by atoms with Gasteiger partial charge in [-0.1, -0.05) is 0 Å². The number of aryl methyl sites for hydroxylation is 1. The van der Waals surface area contributed by atoms with Gasteiger partial charge in [-0.05, 0) is 24.1 Å². The molecular weight excluding hydrogens is 284 g/mol. The molecule has 0 spiro atoms. The Kier molecular flexibility index (Phi) is 4.35. The number of hydrogen-bond donors (Lipinski definition) is 2. The zero-order valence-electron chi connectivity index (χ0n) is 10.8. The molecule has 0 bridgehead atoms. The second-order valence-corrected chi connectivity index (χ2v) is 6.99. The Bertz CT molecular complexity index is 645. The fourth-order valence-corrected chi connectivity index (χ4v) is 3.82. The van der Waals surface area contributed by atoms with Gasteiger partial charge in [0.05, 0.1) is 6.54 Å². The van der Waals surface area contributed by atoms with E-state index in [4.69, 9.17) is 0 Å². The fourth-order valence-electron chi connectivity index (χ4n) is 1.59. The van der Waals surface area contributed by atoms with E-state index in [0.29, 0.717) is 16.6 Å². The maximum absolute atomic E-state index is 12.1. The molecule has 0 aliphatic carbocycles. The van der Waals surface area contributed by atoms with E-state index in [1.807, 2.05) is 19.5 Å². The third-order valence-electron chi connectivity index (χ3n) is 2.62. The third-order valence-corrected chi connectivity index (χ3v) is 5.51. The Morgan fingerprint density at radius 3 is 2.84 bits per heavy atom. The Morgan fingerprint density at radius 1 is 1.42 bits per heavy atom. The second kappa shape index (κ2) is 5.83. The number of aromatic nitrogens is 2. The molecule has 2 rings (SSSR count). The van der Waals surface area contributed by atoms with Crippen molar-refractivity contribution in [2.45, 2.75) is 17.3 Å². The topological polar surface area (TPSA) is 76.0 Å². The molecule has 0 aromatic carbocycles. The minimum absolute atomic E-state index is 0.186. The molecule has 0 fully saturated rings. The highest BCUT2D eigenvalue weighted by molar-refractivity contribution is 7.91. The number of sulfonamides is 1. The number of thiophene rings is 1. The van der Waals surface area contributed by atoms with E-state index in [1.165, 1.54) is 11.3 Å². The molecule has 0 saturated carbocycles. The minimum atomic E-state index is -3.46. The van der Waals surface area contributed by atoms with Gasteiger partial charge in [0.1, 0.15) is 10.0 Å². The van der Waals surface area contributed by atoms with E-state index >= 15 is 0 Å². The van der Waals surface area contributed by atoms with Gasteiger partial charge in [-0.15, -0.1) is 11.3 Å². The van der Waals surface area contributed by atoms with Crippen LogP contribution in [0.15, 0.2) is 28.0 Å². The fraction of sp³-hybridized carbons (Fsp3) is 0.364. The maximum atomic E-state index is 12.1. The van der Waals surface area contributed by atoms with Crippen LogP contribution in [0.3, 0.4) is 0 Å². The number of imidazole rings is 1. The molecule has 8 heteroatoms. The van der Waals surface area contributed by atoms with Gasteiger partial charge >= 0.3 is 0 Å². The molecule has 0 aliphatic heterocycles. The summed E-state index contributed by atoms with van der Waals surface area (Å²) in [4.78, 5) is 4.08. The van der Waals surface area contributed by atoms with Crippen LogP contribution in [0.25, 0.3) is 0 Å². The van der Waals surface area contributed by atoms with Crippen molar-refractivity contribution in [3.8, 4) is 0 Å². The van der Waals surface area contributed by atoms with E-state index < -0.39 is 10.0 Å². The van der Waals surface area contributed by atoms with Crippen molar-refractivity contribution < 1.29 is 8.42 Å². The molecule has 104 valence electrons. The lowest BCUT2D eigenvalue weighted by Gasteiger charge is -2.04. The van der Waals surface area contributed by atoms with Crippen LogP contribution < -0.4 is 10.0 Å². The summed E-state index contributed by atoms with van der Waals surface area (Å²) in [5.41, 5.74) is 0.963. The summed E-state index contributed by atoms with van der Waals surface area (Å²) < 4.78 is 28.9. The van der Waals surface area contributed by atoms with Gasteiger partial charge in [0, 0.05) is 26.0 Å². The smallest absolute Gasteiger partial charge is 0.250 e. The average molecular weight is 300 g/mol. The van der Waals surface area contributed by atoms with Crippen LogP contribution in [-0.4, -0.2) is 25.0 Å². The van der Waals surface area contributed by atoms with Gasteiger partial charge < -0.3 is 9.88 Å². The summed E-state index contributed by atoms with van der Waals surface area (Å²) in [5.74, 6) is 0.676. The van der Waals surface area contributed by atoms with Crippen molar-refractivity contribution in [3.63, 3.8) is 0 Å². The molecule has 0 unspecified atom stereocenters. The molecule has 0 aliphatic rings. The van der Waals surface area contributed by atoms with Gasteiger partial charge in [0.2, 0.25) is 10.0 Å². The van der Waals surface area contributed by atoms with E-state index in [0.717, 1.165) is 5.56 Å². The summed E-state index contributed by atoms with van der Waals surface area (Å²) in [6.07, 6.45) is 3.42. The molecule has 0 saturated heterocycles. The van der Waals surface area contributed by atoms with Crippen molar-refractivity contribution in [2.75, 3.05) is 7.05 Å². The minimum Gasteiger partial charge on any atom is -0.337 e. The highest BCUT2D eigenvalue weighted by atomic mass is 32.2. The molecule has 2 aromatic heterocycles. The Hall–Kier alpha value is -1.22. The largest absolute Gasteiger partial charge is 0.337 e. The summed E-state index contributed by atoms with van der Waals surface area (Å²) in [7, 11) is 0.188. The van der Waals surface area contributed by atoms with Crippen molar-refractivity contribution in [3.05, 3.63) is 35.2 Å². The van der Waals surface area contributed by atoms with E-state index in [1.54, 1.807) is 23.0 Å². The first-order valence-corrected chi connectivity index (χ1v) is 8.07. The normalized spacial score (nSPS) is 11.9. The van der Waals surface area contributed by atoms with Crippen LogP contribution in [0.5, 0.6) is 0 Å². The van der Waals surface area contributed by atoms with Gasteiger partial charge in [-0.25, -0.2) is 18.1 Å². The highest BCUT2D eigenvalue weighted by Crippen LogP contribution is 2.20. The lowest BCUT2D eigenvalue weighted by atomic mass is 10.3. The van der Waals surface area contributed by atoms with E-state index in [9.17, 15) is 8.42 Å². The van der Waals surface area contributed by atoms with Crippen LogP contribution >= 0.6 is 11.3 Å². The van der Waals surface area contributed by atoms with E-state index in [2.05, 4.69) is 15.0 Å². The zero-order chi connectivity index (χ0) is 13.9. The van der Waals surface area contributed by atoms with Gasteiger partial charge in [-0.3, -0.25) is 0 Å². The van der Waals surface area contributed by atoms with E-state index in [-0.39, 0.29) is 6.54 Å². The van der Waals surface area contributed by atoms with Crippen LogP contribution in [0.4, 0.5) is 0 Å². The molecular formula is C11H16N4O2S2. The Morgan fingerprint density at radius 2 is 2.21 bits per heavy atom. The molecule has 19 heavy (non-hydrogen) atoms. The maximum Gasteiger partial charge on any atom is 0.250 e. The summed E-state index contributed by atoms with van der Waals surface area (Å²) >= 11 is 1.22. The lowest BCUT2D eigenvalue weighted by molar-refractivity contribution is 0.579. The number of hydrogen-bond acceptors (Lipinski definition) is 5. The average Bonchev–Trinajstić information content (AvgIpc) is 2.97. The summed E-state index contributed by atoms with van der Waals surface area (Å²) in [6.45, 7) is 0.844. The Labute approximate surface area is 116 Å². The predicted molar refractivity (Wildman–Crippen MR) is 74.3 cm³/mol. The standard InChI is InChI=1S/C11H16N4O2S2/c1-12-6-9-5-11(18-8-9)19(16,17)14-7-10-13-3-4-15(10)2/h3-5,8,12,14H,6-7H2,1-2H3. The van der Waals surface area contributed by atoms with Gasteiger partial charge in [-0.2, -0.15) is 0 Å². The van der Waals surface area contributed by atoms with Crippen molar-refractivity contribution in [1.29, 1.82) is 0 Å². The second-order valence-electron chi connectivity index (χ2n) is 4.08. The zero-order valence-corrected chi connectivity index (χ0v) is 12.4. The van der Waals surface area contributed by atoms with Crippen LogP contribution in [0.1, 0.15) is 11.4 Å².